The lowest BCUT2D eigenvalue weighted by Gasteiger charge is -2.28. The molecule has 1 aliphatic heterocycles. The normalized spacial score (nSPS) is 15.7. The number of rotatable bonds is 5. The number of hydrogen-bond acceptors (Lipinski definition) is 5. The second-order valence-corrected chi connectivity index (χ2v) is 8.27. The van der Waals surface area contributed by atoms with Crippen molar-refractivity contribution in [2.75, 3.05) is 12.4 Å². The van der Waals surface area contributed by atoms with Gasteiger partial charge in [0.1, 0.15) is 12.0 Å². The van der Waals surface area contributed by atoms with Gasteiger partial charge in [-0.05, 0) is 49.2 Å². The number of halogens is 1. The fourth-order valence-corrected chi connectivity index (χ4v) is 3.98. The summed E-state index contributed by atoms with van der Waals surface area (Å²) in [5, 5.41) is 6.81. The second-order valence-electron chi connectivity index (χ2n) is 8.27. The molecule has 0 radical (unpaired) electrons. The van der Waals surface area contributed by atoms with Gasteiger partial charge in [0.15, 0.2) is 0 Å². The van der Waals surface area contributed by atoms with Crippen LogP contribution in [0.15, 0.2) is 70.0 Å². The lowest BCUT2D eigenvalue weighted by molar-refractivity contribution is -0.128. The molecule has 1 aliphatic rings. The molecule has 0 aliphatic carbocycles. The molecule has 1 N–H and O–H groups in total. The van der Waals surface area contributed by atoms with E-state index in [0.29, 0.717) is 22.5 Å². The minimum absolute atomic E-state index is 0.0677. The Balaban J connectivity index is 1.69. The van der Waals surface area contributed by atoms with E-state index in [-0.39, 0.29) is 18.9 Å². The van der Waals surface area contributed by atoms with E-state index < -0.39 is 28.9 Å². The third-order valence-electron chi connectivity index (χ3n) is 6.01. The number of anilines is 1. The predicted octanol–water partition coefficient (Wildman–Crippen LogP) is 2.33. The molecule has 10 heteroatoms. The summed E-state index contributed by atoms with van der Waals surface area (Å²) < 4.78 is 15.6. The van der Waals surface area contributed by atoms with Crippen LogP contribution in [0.4, 0.5) is 10.1 Å². The molecule has 2 aromatic carbocycles. The molecule has 1 aromatic heterocycles. The van der Waals surface area contributed by atoms with Crippen molar-refractivity contribution in [3.05, 3.63) is 98.2 Å². The second kappa shape index (κ2) is 9.49. The van der Waals surface area contributed by atoms with Crippen molar-refractivity contribution < 1.29 is 14.0 Å². The first-order valence-electron chi connectivity index (χ1n) is 11.0. The van der Waals surface area contributed by atoms with E-state index in [1.807, 2.05) is 0 Å². The maximum absolute atomic E-state index is 13.4. The van der Waals surface area contributed by atoms with Crippen molar-refractivity contribution in [3.8, 4) is 5.69 Å². The molecule has 180 valence electrons. The van der Waals surface area contributed by atoms with Gasteiger partial charge in [-0.15, -0.1) is 0 Å². The summed E-state index contributed by atoms with van der Waals surface area (Å²) in [6.07, 6.45) is 2.62. The van der Waals surface area contributed by atoms with E-state index in [9.17, 15) is 23.6 Å². The van der Waals surface area contributed by atoms with Gasteiger partial charge in [-0.25, -0.2) is 9.18 Å². The van der Waals surface area contributed by atoms with Crippen LogP contribution in [0, 0.1) is 12.7 Å². The highest BCUT2D eigenvalue weighted by Crippen LogP contribution is 2.33. The van der Waals surface area contributed by atoms with Crippen molar-refractivity contribution >= 4 is 17.5 Å². The zero-order valence-electron chi connectivity index (χ0n) is 19.5. The summed E-state index contributed by atoms with van der Waals surface area (Å²) in [5.41, 5.74) is 1.46. The van der Waals surface area contributed by atoms with Gasteiger partial charge in [-0.2, -0.15) is 9.78 Å². The van der Waals surface area contributed by atoms with Crippen molar-refractivity contribution in [2.45, 2.75) is 32.7 Å². The molecule has 4 rings (SSSR count). The first kappa shape index (κ1) is 23.8. The smallest absolute Gasteiger partial charge is 0.322 e. The van der Waals surface area contributed by atoms with Crippen LogP contribution < -0.4 is 16.6 Å². The number of amides is 2. The van der Waals surface area contributed by atoms with Crippen LogP contribution in [0.3, 0.4) is 0 Å². The van der Waals surface area contributed by atoms with Crippen LogP contribution in [-0.2, 0) is 16.1 Å². The first-order valence-corrected chi connectivity index (χ1v) is 11.0. The van der Waals surface area contributed by atoms with Crippen molar-refractivity contribution in [1.82, 2.24) is 19.2 Å². The van der Waals surface area contributed by atoms with Gasteiger partial charge in [0.2, 0.25) is 5.91 Å². The number of nitrogens with zero attached hydrogens (tertiary/aromatic N) is 4. The Hall–Kier alpha value is -4.34. The molecule has 0 saturated carbocycles. The van der Waals surface area contributed by atoms with E-state index in [1.54, 1.807) is 51.2 Å². The number of benzene rings is 2. The molecule has 0 unspecified atom stereocenters. The zero-order chi connectivity index (χ0) is 25.3. The molecule has 0 bridgehead atoms. The molecule has 0 spiro atoms. The number of aromatic nitrogens is 3. The number of hydrogen-bond donors (Lipinski definition) is 1. The Morgan fingerprint density at radius 3 is 2.54 bits per heavy atom. The molecule has 0 saturated heterocycles. The number of aryl methyl sites for hydroxylation is 1. The van der Waals surface area contributed by atoms with E-state index >= 15 is 0 Å². The van der Waals surface area contributed by atoms with Crippen LogP contribution in [0.1, 0.15) is 30.4 Å². The lowest BCUT2D eigenvalue weighted by atomic mass is 9.85. The van der Waals surface area contributed by atoms with Crippen LogP contribution >= 0.6 is 0 Å². The average molecular weight is 477 g/mol. The average Bonchev–Trinajstić information content (AvgIpc) is 2.83. The summed E-state index contributed by atoms with van der Waals surface area (Å²) in [5.74, 6) is -1.54. The summed E-state index contributed by atoms with van der Waals surface area (Å²) in [6.45, 7) is 3.68. The van der Waals surface area contributed by atoms with E-state index in [4.69, 9.17) is 0 Å². The van der Waals surface area contributed by atoms with Gasteiger partial charge in [-0.3, -0.25) is 19.0 Å². The van der Waals surface area contributed by atoms with Gasteiger partial charge >= 0.3 is 5.69 Å². The molecule has 35 heavy (non-hydrogen) atoms. The van der Waals surface area contributed by atoms with Crippen LogP contribution in [-0.4, -0.2) is 38.1 Å². The SMILES string of the molecule is CCn1c(=O)cnn(-c2ccc(C)c(NC(=O)C3=CN(C)C(=O)C[C@H]3c3ccc(F)cc3)c2)c1=O. The van der Waals surface area contributed by atoms with E-state index in [2.05, 4.69) is 10.4 Å². The first-order chi connectivity index (χ1) is 16.7. The summed E-state index contributed by atoms with van der Waals surface area (Å²) in [4.78, 5) is 51.6. The zero-order valence-corrected chi connectivity index (χ0v) is 19.5. The number of carbonyl (C=O) groups excluding carboxylic acids is 2. The third kappa shape index (κ3) is 4.68. The minimum Gasteiger partial charge on any atom is -0.322 e. The van der Waals surface area contributed by atoms with Crippen molar-refractivity contribution in [1.29, 1.82) is 0 Å². The van der Waals surface area contributed by atoms with Gasteiger partial charge < -0.3 is 10.2 Å². The molecular formula is C25H24FN5O4. The number of carbonyl (C=O) groups is 2. The highest BCUT2D eigenvalue weighted by Gasteiger charge is 2.31. The molecule has 0 fully saturated rings. The minimum atomic E-state index is -0.590. The highest BCUT2D eigenvalue weighted by molar-refractivity contribution is 6.06. The van der Waals surface area contributed by atoms with Gasteiger partial charge in [0, 0.05) is 43.4 Å². The monoisotopic (exact) mass is 477 g/mol. The van der Waals surface area contributed by atoms with Crippen LogP contribution in [0.25, 0.3) is 5.69 Å². The standard InChI is InChI=1S/C25H24FN5O4/c1-4-30-23(33)13-27-31(25(30)35)18-10-5-15(2)21(11-18)28-24(34)20-14-29(3)22(32)12-19(20)16-6-8-17(26)9-7-16/h5-11,13-14,19H,4,12H2,1-3H3,(H,28,34)/t19-/m0/s1. The Bertz CT molecular complexity index is 1460. The quantitative estimate of drug-likeness (QED) is 0.607. The molecule has 2 heterocycles. The van der Waals surface area contributed by atoms with Crippen LogP contribution in [0.5, 0.6) is 0 Å². The third-order valence-corrected chi connectivity index (χ3v) is 6.01. The van der Waals surface area contributed by atoms with Gasteiger partial charge in [0.05, 0.1) is 5.69 Å². The van der Waals surface area contributed by atoms with Gasteiger partial charge in [-0.1, -0.05) is 18.2 Å². The van der Waals surface area contributed by atoms with Crippen molar-refractivity contribution in [2.24, 2.45) is 0 Å². The Morgan fingerprint density at radius 2 is 1.86 bits per heavy atom. The summed E-state index contributed by atoms with van der Waals surface area (Å²) >= 11 is 0. The fourth-order valence-electron chi connectivity index (χ4n) is 3.98. The fraction of sp³-hybridized carbons (Fsp3) is 0.240. The lowest BCUT2D eigenvalue weighted by Crippen LogP contribution is -2.39. The highest BCUT2D eigenvalue weighted by atomic mass is 19.1. The predicted molar refractivity (Wildman–Crippen MR) is 128 cm³/mol. The Kier molecular flexibility index (Phi) is 6.46. The molecular weight excluding hydrogens is 453 g/mol. The van der Waals surface area contributed by atoms with Gasteiger partial charge in [0.25, 0.3) is 11.5 Å². The Morgan fingerprint density at radius 1 is 1.14 bits per heavy atom. The topological polar surface area (TPSA) is 106 Å². The number of nitrogens with one attached hydrogen (secondary N) is 1. The summed E-state index contributed by atoms with van der Waals surface area (Å²) in [7, 11) is 1.57. The molecule has 1 atom stereocenters. The summed E-state index contributed by atoms with van der Waals surface area (Å²) in [6, 6.07) is 10.7. The van der Waals surface area contributed by atoms with Crippen LogP contribution in [0.2, 0.25) is 0 Å². The van der Waals surface area contributed by atoms with E-state index in [1.165, 1.54) is 23.2 Å². The molecule has 3 aromatic rings. The maximum Gasteiger partial charge on any atom is 0.352 e. The molecule has 9 nitrogen and oxygen atoms in total. The van der Waals surface area contributed by atoms with E-state index in [0.717, 1.165) is 21.0 Å². The Labute approximate surface area is 200 Å². The maximum atomic E-state index is 13.4. The largest absolute Gasteiger partial charge is 0.352 e. The molecule has 2 amide bonds. The van der Waals surface area contributed by atoms with Crippen molar-refractivity contribution in [3.63, 3.8) is 0 Å².